The average molecular weight is 270 g/mol. The molecule has 0 radical (unpaired) electrons. The molecule has 0 aliphatic rings. The minimum atomic E-state index is -3.54. The van der Waals surface area contributed by atoms with Crippen molar-refractivity contribution in [3.63, 3.8) is 0 Å². The van der Waals surface area contributed by atoms with Gasteiger partial charge < -0.3 is 9.11 Å². The van der Waals surface area contributed by atoms with Crippen LogP contribution >= 0.6 is 0 Å². The van der Waals surface area contributed by atoms with E-state index in [1.54, 1.807) is 0 Å². The fourth-order valence-electron chi connectivity index (χ4n) is 0.795. The van der Waals surface area contributed by atoms with E-state index in [4.69, 9.17) is 9.11 Å². The molecule has 0 aliphatic heterocycles. The van der Waals surface area contributed by atoms with E-state index in [-0.39, 0.29) is 9.79 Å². The van der Waals surface area contributed by atoms with Crippen LogP contribution in [0.4, 0.5) is 0 Å². The maximum atomic E-state index is 11.0. The molecule has 0 spiro atoms. The quantitative estimate of drug-likeness (QED) is 0.829. The third kappa shape index (κ3) is 2.94. The summed E-state index contributed by atoms with van der Waals surface area (Å²) < 4.78 is 40.1. The Balaban J connectivity index is 3.44. The summed E-state index contributed by atoms with van der Waals surface area (Å²) in [5, 5.41) is 0. The lowest BCUT2D eigenvalue weighted by Gasteiger charge is -2.02. The first-order valence-corrected chi connectivity index (χ1v) is 8.14. The fraction of sp³-hybridized carbons (Fsp3) is 0. The Bertz CT molecular complexity index is 496. The number of rotatable bonds is 2. The van der Waals surface area contributed by atoms with Crippen molar-refractivity contribution >= 4 is 39.9 Å². The van der Waals surface area contributed by atoms with Gasteiger partial charge in [0, 0.05) is 22.4 Å². The molecular formula is C6H6O4S4. The molecule has 1 rings (SSSR count). The fourth-order valence-corrected chi connectivity index (χ4v) is 2.54. The summed E-state index contributed by atoms with van der Waals surface area (Å²) >= 11 is 8.62. The first-order valence-electron chi connectivity index (χ1n) is 3.26. The molecule has 2 N–H and O–H groups in total. The molecule has 8 heteroatoms. The predicted octanol–water partition coefficient (Wildman–Crippen LogP) is 0.843. The molecule has 0 aromatic heterocycles. The molecule has 0 heterocycles. The van der Waals surface area contributed by atoms with Gasteiger partial charge in [0.1, 0.15) is 0 Å². The van der Waals surface area contributed by atoms with Crippen molar-refractivity contribution in [2.45, 2.75) is 9.79 Å². The average Bonchev–Trinajstić information content (AvgIpc) is 2.01. The Labute approximate surface area is 91.3 Å². The Morgan fingerprint density at radius 3 is 1.64 bits per heavy atom. The molecule has 0 aliphatic carbocycles. The highest BCUT2D eigenvalue weighted by atomic mass is 32.8. The van der Waals surface area contributed by atoms with E-state index in [9.17, 15) is 8.42 Å². The highest BCUT2D eigenvalue weighted by Crippen LogP contribution is 2.15. The first kappa shape index (κ1) is 12.0. The number of benzene rings is 1. The van der Waals surface area contributed by atoms with Gasteiger partial charge in [0.2, 0.25) is 0 Å². The van der Waals surface area contributed by atoms with Gasteiger partial charge in [0.25, 0.3) is 0 Å². The van der Waals surface area contributed by atoms with Crippen LogP contribution in [0, 0.1) is 0 Å². The standard InChI is InChI=1S/C6H6O4S4/c7-13(8,11)5-2-1-3-6(4-5)14(9,10)12/h1-4H,(H,7,8,11)(H,9,10,12). The molecule has 0 amide bonds. The van der Waals surface area contributed by atoms with Gasteiger partial charge in [-0.05, 0) is 18.2 Å². The number of hydrogen-bond donors (Lipinski definition) is 2. The zero-order chi connectivity index (χ0) is 11.0. The van der Waals surface area contributed by atoms with Crippen LogP contribution in [0.3, 0.4) is 0 Å². The van der Waals surface area contributed by atoms with Crippen LogP contribution in [0.15, 0.2) is 34.1 Å². The Hall–Kier alpha value is -0.120. The van der Waals surface area contributed by atoms with E-state index in [1.165, 1.54) is 18.2 Å². The highest BCUT2D eigenvalue weighted by molar-refractivity contribution is 8.30. The van der Waals surface area contributed by atoms with Crippen molar-refractivity contribution in [2.24, 2.45) is 0 Å². The van der Waals surface area contributed by atoms with E-state index in [2.05, 4.69) is 22.4 Å². The van der Waals surface area contributed by atoms with Gasteiger partial charge in [-0.1, -0.05) is 6.07 Å². The van der Waals surface area contributed by atoms with Crippen LogP contribution in [-0.2, 0) is 39.9 Å². The molecule has 4 nitrogen and oxygen atoms in total. The monoisotopic (exact) mass is 270 g/mol. The van der Waals surface area contributed by atoms with Crippen molar-refractivity contribution < 1.29 is 17.5 Å². The zero-order valence-electron chi connectivity index (χ0n) is 6.65. The lowest BCUT2D eigenvalue weighted by molar-refractivity contribution is 0.559. The lowest BCUT2D eigenvalue weighted by Crippen LogP contribution is -2.00. The molecule has 0 fully saturated rings. The maximum absolute atomic E-state index is 11.0. The van der Waals surface area contributed by atoms with E-state index in [0.717, 1.165) is 6.07 Å². The lowest BCUT2D eigenvalue weighted by atomic mass is 10.4. The van der Waals surface area contributed by atoms with Crippen LogP contribution in [0.1, 0.15) is 0 Å². The van der Waals surface area contributed by atoms with Gasteiger partial charge in [-0.15, -0.1) is 0 Å². The summed E-state index contributed by atoms with van der Waals surface area (Å²) in [7, 11) is -7.07. The summed E-state index contributed by atoms with van der Waals surface area (Å²) in [5.74, 6) is 0. The molecule has 0 saturated heterocycles. The second-order valence-corrected chi connectivity index (χ2v) is 7.98. The van der Waals surface area contributed by atoms with Crippen LogP contribution in [-0.4, -0.2) is 17.5 Å². The molecule has 1 aromatic carbocycles. The topological polar surface area (TPSA) is 74.6 Å². The second-order valence-electron chi connectivity index (χ2n) is 2.42. The molecule has 2 atom stereocenters. The minimum Gasteiger partial charge on any atom is -0.302 e. The summed E-state index contributed by atoms with van der Waals surface area (Å²) in [5.41, 5.74) is 0. The van der Waals surface area contributed by atoms with E-state index in [1.807, 2.05) is 0 Å². The normalized spacial score (nSPS) is 19.6. The van der Waals surface area contributed by atoms with Crippen LogP contribution in [0.2, 0.25) is 0 Å². The van der Waals surface area contributed by atoms with Gasteiger partial charge in [-0.2, -0.15) is 0 Å². The van der Waals surface area contributed by atoms with Crippen molar-refractivity contribution in [1.29, 1.82) is 0 Å². The third-order valence-corrected chi connectivity index (χ3v) is 4.26. The Morgan fingerprint density at radius 1 is 1.00 bits per heavy atom. The molecular weight excluding hydrogens is 264 g/mol. The van der Waals surface area contributed by atoms with Crippen molar-refractivity contribution in [3.8, 4) is 0 Å². The second kappa shape index (κ2) is 3.80. The maximum Gasteiger partial charge on any atom is 0.171 e. The van der Waals surface area contributed by atoms with E-state index in [0.29, 0.717) is 0 Å². The zero-order valence-corrected chi connectivity index (χ0v) is 9.92. The van der Waals surface area contributed by atoms with Gasteiger partial charge in [-0.3, -0.25) is 0 Å². The van der Waals surface area contributed by atoms with Gasteiger partial charge in [0.05, 0.1) is 9.79 Å². The summed E-state index contributed by atoms with van der Waals surface area (Å²) in [4.78, 5) is -0.173. The first-order chi connectivity index (χ1) is 6.21. The number of hydrogen-bond acceptors (Lipinski definition) is 4. The van der Waals surface area contributed by atoms with Crippen LogP contribution in [0.5, 0.6) is 0 Å². The largest absolute Gasteiger partial charge is 0.302 e. The van der Waals surface area contributed by atoms with Crippen molar-refractivity contribution in [2.75, 3.05) is 0 Å². The molecule has 14 heavy (non-hydrogen) atoms. The smallest absolute Gasteiger partial charge is 0.171 e. The minimum absolute atomic E-state index is 0.0865. The molecule has 2 unspecified atom stereocenters. The highest BCUT2D eigenvalue weighted by Gasteiger charge is 2.10. The Morgan fingerprint density at radius 2 is 1.36 bits per heavy atom. The summed E-state index contributed by atoms with van der Waals surface area (Å²) in [6, 6.07) is 5.04. The summed E-state index contributed by atoms with van der Waals surface area (Å²) in [6.45, 7) is 0. The molecule has 0 saturated carbocycles. The van der Waals surface area contributed by atoms with Gasteiger partial charge in [0.15, 0.2) is 17.5 Å². The van der Waals surface area contributed by atoms with Gasteiger partial charge >= 0.3 is 0 Å². The van der Waals surface area contributed by atoms with Crippen LogP contribution < -0.4 is 0 Å². The Kier molecular flexibility index (Phi) is 3.24. The molecule has 78 valence electrons. The van der Waals surface area contributed by atoms with Crippen molar-refractivity contribution in [3.05, 3.63) is 24.3 Å². The predicted molar refractivity (Wildman–Crippen MR) is 59.2 cm³/mol. The SMILES string of the molecule is O=S(O)(=S)c1cccc(S(=O)(O)=S)c1. The van der Waals surface area contributed by atoms with Gasteiger partial charge in [-0.25, -0.2) is 8.42 Å². The third-order valence-electron chi connectivity index (χ3n) is 1.40. The molecule has 1 aromatic rings. The van der Waals surface area contributed by atoms with E-state index < -0.39 is 17.5 Å². The van der Waals surface area contributed by atoms with Crippen LogP contribution in [0.25, 0.3) is 0 Å². The summed E-state index contributed by atoms with van der Waals surface area (Å²) in [6.07, 6.45) is 0. The van der Waals surface area contributed by atoms with Crippen molar-refractivity contribution in [1.82, 2.24) is 0 Å². The van der Waals surface area contributed by atoms with E-state index >= 15 is 0 Å². The molecule has 0 bridgehead atoms.